The van der Waals surface area contributed by atoms with Crippen LogP contribution in [0.2, 0.25) is 0 Å². The van der Waals surface area contributed by atoms with Gasteiger partial charge >= 0.3 is 0 Å². The summed E-state index contributed by atoms with van der Waals surface area (Å²) in [6.07, 6.45) is 0.313. The molecule has 0 aliphatic carbocycles. The number of benzene rings is 2. The fourth-order valence-electron chi connectivity index (χ4n) is 1.93. The van der Waals surface area contributed by atoms with Crippen LogP contribution in [-0.4, -0.2) is 15.3 Å². The Morgan fingerprint density at radius 3 is 2.55 bits per heavy atom. The van der Waals surface area contributed by atoms with Crippen LogP contribution in [0.3, 0.4) is 0 Å². The maximum atomic E-state index is 12.0. The van der Waals surface area contributed by atoms with Crippen LogP contribution in [0.4, 0.5) is 5.13 Å². The van der Waals surface area contributed by atoms with Crippen molar-refractivity contribution >= 4 is 38.5 Å². The Balaban J connectivity index is 1.65. The van der Waals surface area contributed by atoms with Crippen molar-refractivity contribution < 1.29 is 4.79 Å². The molecular weight excluding hydrogens is 362 g/mol. The number of amides is 1. The molecule has 0 atom stereocenters. The Bertz CT molecular complexity index is 772. The molecule has 0 aliphatic heterocycles. The number of nitrogens with one attached hydrogen (secondary N) is 1. The molecule has 4 nitrogen and oxygen atoms in total. The molecule has 0 bridgehead atoms. The third-order valence-electron chi connectivity index (χ3n) is 2.98. The molecule has 1 aromatic heterocycles. The monoisotopic (exact) mass is 373 g/mol. The van der Waals surface area contributed by atoms with Crippen molar-refractivity contribution in [1.82, 2.24) is 9.36 Å². The van der Waals surface area contributed by atoms with E-state index in [4.69, 9.17) is 0 Å². The van der Waals surface area contributed by atoms with Crippen molar-refractivity contribution in [2.75, 3.05) is 5.32 Å². The largest absolute Gasteiger partial charge is 0.300 e. The van der Waals surface area contributed by atoms with Gasteiger partial charge in [-0.2, -0.15) is 9.36 Å². The molecule has 0 saturated carbocycles. The van der Waals surface area contributed by atoms with Crippen LogP contribution in [0, 0.1) is 0 Å². The second-order valence-corrected chi connectivity index (χ2v) is 6.31. The summed E-state index contributed by atoms with van der Waals surface area (Å²) in [5, 5.41) is 3.30. The van der Waals surface area contributed by atoms with E-state index in [1.54, 1.807) is 0 Å². The Labute approximate surface area is 140 Å². The van der Waals surface area contributed by atoms with Crippen molar-refractivity contribution in [2.24, 2.45) is 0 Å². The molecule has 0 saturated heterocycles. The van der Waals surface area contributed by atoms with Crippen molar-refractivity contribution in [3.8, 4) is 11.4 Å². The molecule has 1 N–H and O–H groups in total. The van der Waals surface area contributed by atoms with E-state index in [1.165, 1.54) is 11.5 Å². The van der Waals surface area contributed by atoms with E-state index >= 15 is 0 Å². The van der Waals surface area contributed by atoms with Gasteiger partial charge in [0, 0.05) is 21.6 Å². The van der Waals surface area contributed by atoms with Crippen molar-refractivity contribution in [2.45, 2.75) is 6.42 Å². The van der Waals surface area contributed by atoms with E-state index in [9.17, 15) is 4.79 Å². The number of hydrogen-bond acceptors (Lipinski definition) is 4. The third kappa shape index (κ3) is 3.78. The quantitative estimate of drug-likeness (QED) is 0.747. The highest BCUT2D eigenvalue weighted by atomic mass is 79.9. The summed E-state index contributed by atoms with van der Waals surface area (Å²) in [5.74, 6) is 0.530. The maximum Gasteiger partial charge on any atom is 0.230 e. The number of hydrogen-bond donors (Lipinski definition) is 1. The zero-order chi connectivity index (χ0) is 15.4. The topological polar surface area (TPSA) is 54.9 Å². The fourth-order valence-corrected chi connectivity index (χ4v) is 2.80. The molecule has 110 valence electrons. The lowest BCUT2D eigenvalue weighted by Gasteiger charge is -2.01. The van der Waals surface area contributed by atoms with Crippen LogP contribution in [0.25, 0.3) is 11.4 Å². The van der Waals surface area contributed by atoms with Crippen LogP contribution in [0.1, 0.15) is 5.56 Å². The van der Waals surface area contributed by atoms with E-state index < -0.39 is 0 Å². The van der Waals surface area contributed by atoms with Crippen molar-refractivity contribution in [1.29, 1.82) is 0 Å². The Morgan fingerprint density at radius 2 is 1.82 bits per heavy atom. The molecule has 0 fully saturated rings. The van der Waals surface area contributed by atoms with Crippen LogP contribution in [0.15, 0.2) is 59.1 Å². The highest BCUT2D eigenvalue weighted by Gasteiger charge is 2.10. The van der Waals surface area contributed by atoms with Gasteiger partial charge < -0.3 is 5.32 Å². The molecule has 0 aliphatic rings. The zero-order valence-corrected chi connectivity index (χ0v) is 13.9. The first kappa shape index (κ1) is 14.9. The molecule has 2 aromatic carbocycles. The van der Waals surface area contributed by atoms with Gasteiger partial charge in [0.05, 0.1) is 6.42 Å². The van der Waals surface area contributed by atoms with Gasteiger partial charge in [-0.1, -0.05) is 58.4 Å². The second kappa shape index (κ2) is 6.81. The summed E-state index contributed by atoms with van der Waals surface area (Å²) >= 11 is 4.56. The number of halogens is 1. The minimum atomic E-state index is -0.0990. The van der Waals surface area contributed by atoms with E-state index in [0.29, 0.717) is 17.4 Å². The van der Waals surface area contributed by atoms with E-state index in [0.717, 1.165) is 15.6 Å². The summed E-state index contributed by atoms with van der Waals surface area (Å²) in [5.41, 5.74) is 1.89. The Hall–Kier alpha value is -2.05. The molecular formula is C16H12BrN3OS. The number of anilines is 1. The first-order valence-corrected chi connectivity index (χ1v) is 8.21. The Kier molecular flexibility index (Phi) is 4.60. The average Bonchev–Trinajstić information content (AvgIpc) is 2.99. The van der Waals surface area contributed by atoms with Crippen LogP contribution in [0.5, 0.6) is 0 Å². The molecule has 22 heavy (non-hydrogen) atoms. The normalized spacial score (nSPS) is 10.4. The molecule has 0 spiro atoms. The lowest BCUT2D eigenvalue weighted by Crippen LogP contribution is -2.14. The SMILES string of the molecule is O=C(Cc1ccc(Br)cc1)Nc1nc(-c2ccccc2)ns1. The molecule has 3 aromatic rings. The Morgan fingerprint density at radius 1 is 1.09 bits per heavy atom. The predicted molar refractivity (Wildman–Crippen MR) is 91.8 cm³/mol. The maximum absolute atomic E-state index is 12.0. The molecule has 3 rings (SSSR count). The van der Waals surface area contributed by atoms with Crippen molar-refractivity contribution in [3.05, 3.63) is 64.6 Å². The van der Waals surface area contributed by atoms with Gasteiger partial charge in [-0.05, 0) is 17.7 Å². The number of carbonyl (C=O) groups is 1. The minimum absolute atomic E-state index is 0.0990. The first-order valence-electron chi connectivity index (χ1n) is 6.64. The van der Waals surface area contributed by atoms with E-state index in [-0.39, 0.29) is 5.91 Å². The lowest BCUT2D eigenvalue weighted by molar-refractivity contribution is -0.115. The van der Waals surface area contributed by atoms with Crippen LogP contribution >= 0.6 is 27.5 Å². The van der Waals surface area contributed by atoms with Crippen LogP contribution < -0.4 is 5.32 Å². The molecule has 0 radical (unpaired) electrons. The smallest absolute Gasteiger partial charge is 0.230 e. The predicted octanol–water partition coefficient (Wildman–Crippen LogP) is 4.15. The highest BCUT2D eigenvalue weighted by molar-refractivity contribution is 9.10. The highest BCUT2D eigenvalue weighted by Crippen LogP contribution is 2.20. The van der Waals surface area contributed by atoms with Gasteiger partial charge in [0.1, 0.15) is 0 Å². The molecule has 1 heterocycles. The molecule has 0 unspecified atom stereocenters. The molecule has 1 amide bonds. The van der Waals surface area contributed by atoms with Gasteiger partial charge in [-0.3, -0.25) is 4.79 Å². The standard InChI is InChI=1S/C16H12BrN3OS/c17-13-8-6-11(7-9-13)10-14(21)18-16-19-15(20-22-16)12-4-2-1-3-5-12/h1-9H,10H2,(H,18,19,20,21). The number of carbonyl (C=O) groups excluding carboxylic acids is 1. The number of nitrogens with zero attached hydrogens (tertiary/aromatic N) is 2. The minimum Gasteiger partial charge on any atom is -0.300 e. The van der Waals surface area contributed by atoms with Gasteiger partial charge in [0.25, 0.3) is 0 Å². The van der Waals surface area contributed by atoms with Gasteiger partial charge in [0.2, 0.25) is 11.0 Å². The van der Waals surface area contributed by atoms with Gasteiger partial charge in [0.15, 0.2) is 5.82 Å². The first-order chi connectivity index (χ1) is 10.7. The summed E-state index contributed by atoms with van der Waals surface area (Å²) in [7, 11) is 0. The summed E-state index contributed by atoms with van der Waals surface area (Å²) in [6.45, 7) is 0. The van der Waals surface area contributed by atoms with Crippen LogP contribution in [-0.2, 0) is 11.2 Å². The van der Waals surface area contributed by atoms with E-state index in [1.807, 2.05) is 54.6 Å². The van der Waals surface area contributed by atoms with Gasteiger partial charge in [-0.25, -0.2) is 0 Å². The number of rotatable bonds is 4. The summed E-state index contributed by atoms with van der Waals surface area (Å²) in [6, 6.07) is 17.4. The van der Waals surface area contributed by atoms with E-state index in [2.05, 4.69) is 30.6 Å². The summed E-state index contributed by atoms with van der Waals surface area (Å²) in [4.78, 5) is 16.4. The zero-order valence-electron chi connectivity index (χ0n) is 11.5. The summed E-state index contributed by atoms with van der Waals surface area (Å²) < 4.78 is 5.26. The van der Waals surface area contributed by atoms with Crippen molar-refractivity contribution in [3.63, 3.8) is 0 Å². The second-order valence-electron chi connectivity index (χ2n) is 4.64. The number of aromatic nitrogens is 2. The third-order valence-corrected chi connectivity index (χ3v) is 4.14. The van der Waals surface area contributed by atoms with Gasteiger partial charge in [-0.15, -0.1) is 0 Å². The molecule has 6 heteroatoms. The lowest BCUT2D eigenvalue weighted by atomic mass is 10.1. The average molecular weight is 374 g/mol. The fraction of sp³-hybridized carbons (Fsp3) is 0.0625.